The Bertz CT molecular complexity index is 1210. The third kappa shape index (κ3) is 5.40. The largest absolute Gasteiger partial charge is 0.493 e. The second-order valence-electron chi connectivity index (χ2n) is 7.46. The predicted molar refractivity (Wildman–Crippen MR) is 123 cm³/mol. The average Bonchev–Trinajstić information content (AvgIpc) is 3.42. The zero-order valence-electron chi connectivity index (χ0n) is 19.1. The van der Waals surface area contributed by atoms with Crippen LogP contribution in [0.15, 0.2) is 64.6 Å². The molecule has 2 aromatic carbocycles. The van der Waals surface area contributed by atoms with Gasteiger partial charge in [0.25, 0.3) is 5.91 Å². The van der Waals surface area contributed by atoms with Crippen molar-refractivity contribution in [1.29, 1.82) is 0 Å². The number of halogens is 1. The van der Waals surface area contributed by atoms with Crippen LogP contribution in [-0.2, 0) is 11.3 Å². The Balaban J connectivity index is 1.52. The van der Waals surface area contributed by atoms with E-state index in [9.17, 15) is 14.0 Å². The van der Waals surface area contributed by atoms with Crippen molar-refractivity contribution in [3.63, 3.8) is 0 Å². The molecule has 0 radical (unpaired) electrons. The van der Waals surface area contributed by atoms with Gasteiger partial charge in [0, 0.05) is 11.3 Å². The van der Waals surface area contributed by atoms with Crippen molar-refractivity contribution in [3.05, 3.63) is 71.9 Å². The maximum atomic E-state index is 12.6. The van der Waals surface area contributed by atoms with Crippen LogP contribution in [0.1, 0.15) is 35.0 Å². The number of oxazole rings is 1. The Kier molecular flexibility index (Phi) is 7.24. The lowest BCUT2D eigenvalue weighted by Gasteiger charge is -2.29. The van der Waals surface area contributed by atoms with Crippen molar-refractivity contribution < 1.29 is 32.6 Å². The molecule has 3 aromatic rings. The summed E-state index contributed by atoms with van der Waals surface area (Å²) in [7, 11) is 1.45. The molecule has 0 saturated heterocycles. The first-order valence-electron chi connectivity index (χ1n) is 10.7. The van der Waals surface area contributed by atoms with Crippen LogP contribution in [0.2, 0.25) is 0 Å². The van der Waals surface area contributed by atoms with E-state index in [-0.39, 0.29) is 18.1 Å². The first kappa shape index (κ1) is 23.7. The molecule has 0 saturated carbocycles. The fraction of sp³-hybridized carbons (Fsp3) is 0.250. The van der Waals surface area contributed by atoms with E-state index in [1.807, 2.05) is 6.92 Å². The van der Waals surface area contributed by atoms with Crippen LogP contribution in [0, 0.1) is 0 Å². The Hall–Kier alpha value is -4.41. The van der Waals surface area contributed by atoms with E-state index < -0.39 is 25.0 Å². The van der Waals surface area contributed by atoms with Gasteiger partial charge in [0.2, 0.25) is 12.6 Å². The van der Waals surface area contributed by atoms with Crippen LogP contribution in [0.25, 0.3) is 0 Å². The van der Waals surface area contributed by atoms with E-state index >= 15 is 0 Å². The van der Waals surface area contributed by atoms with Crippen LogP contribution in [0.3, 0.4) is 0 Å². The molecular formula is C24H23FN4O6. The number of aromatic nitrogens is 1. The average molecular weight is 482 g/mol. The molecule has 0 fully saturated rings. The molecule has 182 valence electrons. The van der Waals surface area contributed by atoms with Crippen molar-refractivity contribution >= 4 is 23.4 Å². The minimum Gasteiger partial charge on any atom is -0.493 e. The first-order chi connectivity index (χ1) is 17.0. The monoisotopic (exact) mass is 482 g/mol. The number of nitrogens with one attached hydrogen (secondary N) is 1. The van der Waals surface area contributed by atoms with E-state index in [0.717, 1.165) is 5.56 Å². The number of amides is 2. The van der Waals surface area contributed by atoms with Gasteiger partial charge in [-0.25, -0.2) is 14.2 Å². The fourth-order valence-electron chi connectivity index (χ4n) is 3.49. The standard InChI is InChI=1S/C24H23FN4O6/c1-3-18-22(16-6-9-19(33-13-25)20(10-16)32-2)28-29(24(31)35-18)12-15-4-7-17(8-5-15)27-23(30)21-11-26-14-34-21/h4-11,14,18H,3,12-13H2,1-2H3,(H,27,30). The molecular weight excluding hydrogens is 459 g/mol. The molecule has 1 aromatic heterocycles. The van der Waals surface area contributed by atoms with Gasteiger partial charge in [-0.15, -0.1) is 0 Å². The summed E-state index contributed by atoms with van der Waals surface area (Å²) in [5.41, 5.74) is 2.51. The summed E-state index contributed by atoms with van der Waals surface area (Å²) in [5.74, 6) is 0.267. The number of hydrogen-bond acceptors (Lipinski definition) is 8. The second-order valence-corrected chi connectivity index (χ2v) is 7.46. The van der Waals surface area contributed by atoms with Crippen LogP contribution in [-0.4, -0.2) is 47.8 Å². The number of nitrogens with zero attached hydrogens (tertiary/aromatic N) is 3. The molecule has 10 nitrogen and oxygen atoms in total. The van der Waals surface area contributed by atoms with Crippen molar-refractivity contribution in [2.24, 2.45) is 5.10 Å². The van der Waals surface area contributed by atoms with E-state index in [1.165, 1.54) is 24.7 Å². The third-order valence-corrected chi connectivity index (χ3v) is 5.23. The maximum absolute atomic E-state index is 12.6. The van der Waals surface area contributed by atoms with E-state index in [1.54, 1.807) is 42.5 Å². The van der Waals surface area contributed by atoms with Gasteiger partial charge in [-0.3, -0.25) is 4.79 Å². The molecule has 2 amide bonds. The smallest absolute Gasteiger partial charge is 0.431 e. The molecule has 1 aliphatic heterocycles. The number of rotatable bonds is 9. The summed E-state index contributed by atoms with van der Waals surface area (Å²) < 4.78 is 33.4. The van der Waals surface area contributed by atoms with Gasteiger partial charge in [0.05, 0.1) is 19.9 Å². The number of cyclic esters (lactones) is 1. The second kappa shape index (κ2) is 10.7. The quantitative estimate of drug-likeness (QED) is 0.481. The molecule has 1 N–H and O–H groups in total. The molecule has 0 spiro atoms. The predicted octanol–water partition coefficient (Wildman–Crippen LogP) is 4.38. The molecule has 1 aliphatic rings. The Morgan fingerprint density at radius 2 is 2.00 bits per heavy atom. The molecule has 1 atom stereocenters. The highest BCUT2D eigenvalue weighted by atomic mass is 19.1. The van der Waals surface area contributed by atoms with Gasteiger partial charge >= 0.3 is 6.09 Å². The SMILES string of the molecule is CCC1OC(=O)N(Cc2ccc(NC(=O)c3cnco3)cc2)N=C1c1ccc(OCF)c(OC)c1. The summed E-state index contributed by atoms with van der Waals surface area (Å²) in [6, 6.07) is 11.9. The summed E-state index contributed by atoms with van der Waals surface area (Å²) in [5, 5.41) is 8.48. The van der Waals surface area contributed by atoms with Crippen molar-refractivity contribution in [1.82, 2.24) is 9.99 Å². The van der Waals surface area contributed by atoms with Gasteiger partial charge in [-0.05, 0) is 42.3 Å². The number of carbonyl (C=O) groups excluding carboxylic acids is 2. The number of benzene rings is 2. The number of anilines is 1. The van der Waals surface area contributed by atoms with Crippen LogP contribution in [0.5, 0.6) is 11.5 Å². The van der Waals surface area contributed by atoms with E-state index in [4.69, 9.17) is 18.6 Å². The van der Waals surface area contributed by atoms with E-state index in [0.29, 0.717) is 29.1 Å². The fourth-order valence-corrected chi connectivity index (χ4v) is 3.49. The summed E-state index contributed by atoms with van der Waals surface area (Å²) in [6.07, 6.45) is 1.89. The number of hydrazone groups is 1. The number of carbonyl (C=O) groups is 2. The molecule has 2 heterocycles. The van der Waals surface area contributed by atoms with E-state index in [2.05, 4.69) is 15.4 Å². The lowest BCUT2D eigenvalue weighted by Crippen LogP contribution is -2.41. The molecule has 0 bridgehead atoms. The summed E-state index contributed by atoms with van der Waals surface area (Å²) >= 11 is 0. The van der Waals surface area contributed by atoms with Gasteiger partial charge in [0.1, 0.15) is 11.8 Å². The molecule has 0 aliphatic carbocycles. The zero-order valence-corrected chi connectivity index (χ0v) is 19.1. The summed E-state index contributed by atoms with van der Waals surface area (Å²) in [6.45, 7) is 1.05. The van der Waals surface area contributed by atoms with Crippen LogP contribution < -0.4 is 14.8 Å². The number of alkyl halides is 1. The lowest BCUT2D eigenvalue weighted by molar-refractivity contribution is 0.0712. The van der Waals surface area contributed by atoms with Crippen LogP contribution >= 0.6 is 0 Å². The number of ether oxygens (including phenoxy) is 3. The number of methoxy groups -OCH3 is 1. The van der Waals surface area contributed by atoms with Gasteiger partial charge in [-0.1, -0.05) is 19.1 Å². The topological polar surface area (TPSA) is 115 Å². The Labute approximate surface area is 200 Å². The minimum absolute atomic E-state index is 0.0957. The molecule has 1 unspecified atom stereocenters. The maximum Gasteiger partial charge on any atom is 0.431 e. The minimum atomic E-state index is -0.984. The molecule has 4 rings (SSSR count). The lowest BCUT2D eigenvalue weighted by atomic mass is 10.0. The summed E-state index contributed by atoms with van der Waals surface area (Å²) in [4.78, 5) is 28.4. The highest BCUT2D eigenvalue weighted by molar-refractivity contribution is 6.06. The van der Waals surface area contributed by atoms with Gasteiger partial charge < -0.3 is 23.9 Å². The van der Waals surface area contributed by atoms with Gasteiger partial charge in [-0.2, -0.15) is 10.1 Å². The van der Waals surface area contributed by atoms with Crippen LogP contribution in [0.4, 0.5) is 14.9 Å². The zero-order chi connectivity index (χ0) is 24.8. The molecule has 11 heteroatoms. The molecule has 35 heavy (non-hydrogen) atoms. The first-order valence-corrected chi connectivity index (χ1v) is 10.7. The van der Waals surface area contributed by atoms with Crippen molar-refractivity contribution in [2.45, 2.75) is 26.0 Å². The third-order valence-electron chi connectivity index (χ3n) is 5.23. The highest BCUT2D eigenvalue weighted by Gasteiger charge is 2.31. The Morgan fingerprint density at radius 3 is 2.66 bits per heavy atom. The number of hydrogen-bond donors (Lipinski definition) is 1. The van der Waals surface area contributed by atoms with Crippen molar-refractivity contribution in [3.8, 4) is 11.5 Å². The Morgan fingerprint density at radius 1 is 1.20 bits per heavy atom. The highest BCUT2D eigenvalue weighted by Crippen LogP contribution is 2.30. The normalized spacial score (nSPS) is 15.3. The van der Waals surface area contributed by atoms with Gasteiger partial charge in [0.15, 0.2) is 17.9 Å². The van der Waals surface area contributed by atoms with Crippen molar-refractivity contribution in [2.75, 3.05) is 19.3 Å².